The maximum Gasteiger partial charge on any atom is 0.573 e. The number of carbonyl (C=O) groups excluding carboxylic acids is 1. The third kappa shape index (κ3) is 5.02. The molecule has 5 fully saturated rings. The highest BCUT2D eigenvalue weighted by atomic mass is 19.4. The minimum atomic E-state index is -4.71. The maximum atomic E-state index is 13.2. The van der Waals surface area contributed by atoms with Gasteiger partial charge in [-0.25, -0.2) is 4.98 Å². The number of hydrogen-bond donors (Lipinski definition) is 2. The summed E-state index contributed by atoms with van der Waals surface area (Å²) in [5.41, 5.74) is 0.685. The highest BCUT2D eigenvalue weighted by molar-refractivity contribution is 5.93. The summed E-state index contributed by atoms with van der Waals surface area (Å²) in [6.45, 7) is 4.05. The molecule has 2 aromatic rings. The van der Waals surface area contributed by atoms with Crippen LogP contribution in [0.2, 0.25) is 0 Å². The Morgan fingerprint density at radius 3 is 2.42 bits per heavy atom. The summed E-state index contributed by atoms with van der Waals surface area (Å²) in [6.07, 6.45) is -0.0871. The molecule has 1 aromatic heterocycles. The molecule has 7 nitrogen and oxygen atoms in total. The van der Waals surface area contributed by atoms with E-state index in [-0.39, 0.29) is 23.7 Å². The van der Waals surface area contributed by atoms with Crippen molar-refractivity contribution in [2.45, 2.75) is 63.1 Å². The van der Waals surface area contributed by atoms with Gasteiger partial charge in [-0.15, -0.1) is 13.2 Å². The van der Waals surface area contributed by atoms with Crippen molar-refractivity contribution in [2.24, 2.45) is 17.8 Å². The molecule has 4 saturated carbocycles. The Hall–Kier alpha value is -3.01. The van der Waals surface area contributed by atoms with E-state index < -0.39 is 12.0 Å². The number of nitrogens with zero attached hydrogens (tertiary/aromatic N) is 3. The van der Waals surface area contributed by atoms with Crippen LogP contribution in [0.3, 0.4) is 0 Å². The fourth-order valence-electron chi connectivity index (χ4n) is 7.54. The second-order valence-electron chi connectivity index (χ2n) is 11.6. The topological polar surface area (TPSA) is 77.9 Å². The first-order valence-corrected chi connectivity index (χ1v) is 13.4. The minimum Gasteiger partial charge on any atom is -0.406 e. The van der Waals surface area contributed by atoms with Crippen LogP contribution in [0.15, 0.2) is 42.5 Å². The van der Waals surface area contributed by atoms with Crippen LogP contribution in [0.5, 0.6) is 5.75 Å². The smallest absolute Gasteiger partial charge is 0.406 e. The Kier molecular flexibility index (Phi) is 6.20. The Morgan fingerprint density at radius 2 is 1.79 bits per heavy atom. The highest BCUT2D eigenvalue weighted by Crippen LogP contribution is 2.55. The van der Waals surface area contributed by atoms with E-state index in [0.717, 1.165) is 43.6 Å². The zero-order valence-corrected chi connectivity index (χ0v) is 21.3. The number of alkyl halides is 3. The SMILES string of the molecule is CC1CN(c2ccc(OC(F)(F)F)cc2)CCN1c1cccc(C(=O)NC2C3CC4CC2CC(O)(C4)C3)n1. The molecule has 0 spiro atoms. The van der Waals surface area contributed by atoms with E-state index in [1.165, 1.54) is 12.1 Å². The second kappa shape index (κ2) is 9.32. The monoisotopic (exact) mass is 530 g/mol. The molecule has 2 N–H and O–H groups in total. The molecule has 2 heterocycles. The summed E-state index contributed by atoms with van der Waals surface area (Å²) in [6, 6.07) is 11.6. The Morgan fingerprint density at radius 1 is 1.08 bits per heavy atom. The van der Waals surface area contributed by atoms with Crippen molar-refractivity contribution in [2.75, 3.05) is 29.4 Å². The lowest BCUT2D eigenvalue weighted by Crippen LogP contribution is -2.61. The van der Waals surface area contributed by atoms with Gasteiger partial charge in [-0.1, -0.05) is 6.07 Å². The number of aromatic nitrogens is 1. The summed E-state index contributed by atoms with van der Waals surface area (Å²) in [5, 5.41) is 14.1. The van der Waals surface area contributed by atoms with Gasteiger partial charge in [0.15, 0.2) is 0 Å². The zero-order valence-electron chi connectivity index (χ0n) is 21.3. The van der Waals surface area contributed by atoms with E-state index in [4.69, 9.17) is 4.98 Å². The average Bonchev–Trinajstić information content (AvgIpc) is 2.84. The summed E-state index contributed by atoms with van der Waals surface area (Å²) in [5.74, 6) is 1.58. The number of ether oxygens (including phenoxy) is 1. The van der Waals surface area contributed by atoms with E-state index >= 15 is 0 Å². The van der Waals surface area contributed by atoms with Crippen LogP contribution in [0.25, 0.3) is 0 Å². The van der Waals surface area contributed by atoms with Gasteiger partial charge >= 0.3 is 6.36 Å². The van der Waals surface area contributed by atoms with Crippen LogP contribution < -0.4 is 19.9 Å². The summed E-state index contributed by atoms with van der Waals surface area (Å²) < 4.78 is 41.3. The number of pyridine rings is 1. The van der Waals surface area contributed by atoms with Gasteiger partial charge in [0.25, 0.3) is 5.91 Å². The first kappa shape index (κ1) is 25.3. The van der Waals surface area contributed by atoms with Gasteiger partial charge in [0.1, 0.15) is 17.3 Å². The van der Waals surface area contributed by atoms with Crippen LogP contribution in [0.1, 0.15) is 49.5 Å². The molecule has 4 bridgehead atoms. The Balaban J connectivity index is 1.09. The molecular formula is C28H33F3N4O3. The lowest BCUT2D eigenvalue weighted by molar-refractivity contribution is -0.274. The second-order valence-corrected chi connectivity index (χ2v) is 11.6. The van der Waals surface area contributed by atoms with E-state index in [9.17, 15) is 23.1 Å². The molecule has 3 atom stereocenters. The van der Waals surface area contributed by atoms with E-state index in [0.29, 0.717) is 43.1 Å². The molecule has 7 rings (SSSR count). The number of amides is 1. The number of anilines is 2. The highest BCUT2D eigenvalue weighted by Gasteiger charge is 2.55. The first-order chi connectivity index (χ1) is 18.1. The molecular weight excluding hydrogens is 497 g/mol. The van der Waals surface area contributed by atoms with Crippen LogP contribution in [0.4, 0.5) is 24.7 Å². The van der Waals surface area contributed by atoms with Gasteiger partial charge in [-0.2, -0.15) is 0 Å². The van der Waals surface area contributed by atoms with Crippen molar-refractivity contribution in [1.82, 2.24) is 10.3 Å². The van der Waals surface area contributed by atoms with Crippen molar-refractivity contribution in [3.8, 4) is 5.75 Å². The number of aliphatic hydroxyl groups is 1. The predicted molar refractivity (Wildman–Crippen MR) is 136 cm³/mol. The average molecular weight is 531 g/mol. The molecule has 4 aliphatic carbocycles. The van der Waals surface area contributed by atoms with Crippen molar-refractivity contribution in [3.63, 3.8) is 0 Å². The third-order valence-corrected chi connectivity index (χ3v) is 8.86. The third-order valence-electron chi connectivity index (χ3n) is 8.86. The number of rotatable bonds is 5. The molecule has 1 aliphatic heterocycles. The molecule has 0 radical (unpaired) electrons. The van der Waals surface area contributed by atoms with Gasteiger partial charge in [0, 0.05) is 37.4 Å². The van der Waals surface area contributed by atoms with Crippen LogP contribution in [-0.2, 0) is 0 Å². The standard InChI is InChI=1S/C28H33F3N4O3/c1-17-16-34(21-5-7-22(8-6-21)38-28(29,30)31)9-10-35(17)24-4-2-3-23(32-24)26(36)33-25-19-11-18-12-20(25)15-27(37,13-18)14-19/h2-8,17-20,25,37H,9-16H2,1H3,(H,33,36). The molecule has 10 heteroatoms. The number of benzene rings is 1. The van der Waals surface area contributed by atoms with Gasteiger partial charge in [0.05, 0.1) is 5.60 Å². The molecule has 1 saturated heterocycles. The Labute approximate surface area is 220 Å². The number of hydrogen-bond acceptors (Lipinski definition) is 6. The molecule has 5 aliphatic rings. The summed E-state index contributed by atoms with van der Waals surface area (Å²) in [7, 11) is 0. The van der Waals surface area contributed by atoms with Gasteiger partial charge in [-0.3, -0.25) is 4.79 Å². The van der Waals surface area contributed by atoms with Crippen LogP contribution in [-0.4, -0.2) is 59.7 Å². The van der Waals surface area contributed by atoms with E-state index in [2.05, 4.69) is 26.8 Å². The zero-order chi connectivity index (χ0) is 26.7. The van der Waals surface area contributed by atoms with Crippen LogP contribution >= 0.6 is 0 Å². The fraction of sp³-hybridized carbons (Fsp3) is 0.571. The van der Waals surface area contributed by atoms with Crippen molar-refractivity contribution in [3.05, 3.63) is 48.2 Å². The summed E-state index contributed by atoms with van der Waals surface area (Å²) >= 11 is 0. The van der Waals surface area contributed by atoms with Gasteiger partial charge in [-0.05, 0) is 93.2 Å². The molecule has 38 heavy (non-hydrogen) atoms. The normalized spacial score (nSPS) is 32.4. The lowest BCUT2D eigenvalue weighted by atomic mass is 9.52. The number of piperazine rings is 1. The first-order valence-electron chi connectivity index (χ1n) is 13.4. The summed E-state index contributed by atoms with van der Waals surface area (Å²) in [4.78, 5) is 22.2. The largest absolute Gasteiger partial charge is 0.573 e. The lowest BCUT2D eigenvalue weighted by Gasteiger charge is -2.58. The predicted octanol–water partition coefficient (Wildman–Crippen LogP) is 4.36. The maximum absolute atomic E-state index is 13.2. The van der Waals surface area contributed by atoms with Crippen LogP contribution in [0, 0.1) is 17.8 Å². The molecule has 204 valence electrons. The Bertz CT molecular complexity index is 1170. The van der Waals surface area contributed by atoms with Gasteiger partial charge < -0.3 is 25.0 Å². The molecule has 1 amide bonds. The number of halogens is 3. The minimum absolute atomic E-state index is 0.0748. The molecule has 1 aromatic carbocycles. The van der Waals surface area contributed by atoms with Gasteiger partial charge in [0.2, 0.25) is 0 Å². The fourth-order valence-corrected chi connectivity index (χ4v) is 7.54. The number of carbonyl (C=O) groups is 1. The quantitative estimate of drug-likeness (QED) is 0.598. The number of nitrogens with one attached hydrogen (secondary N) is 1. The molecule has 3 unspecified atom stereocenters. The van der Waals surface area contributed by atoms with E-state index in [1.54, 1.807) is 18.2 Å². The van der Waals surface area contributed by atoms with Crippen molar-refractivity contribution < 1.29 is 27.8 Å². The van der Waals surface area contributed by atoms with E-state index in [1.807, 2.05) is 12.1 Å². The van der Waals surface area contributed by atoms with Crippen molar-refractivity contribution in [1.29, 1.82) is 0 Å². The van der Waals surface area contributed by atoms with Crippen molar-refractivity contribution >= 4 is 17.4 Å².